The second-order valence-corrected chi connectivity index (χ2v) is 5.99. The molecule has 0 aromatic carbocycles. The third-order valence-electron chi connectivity index (χ3n) is 2.41. The summed E-state index contributed by atoms with van der Waals surface area (Å²) in [4.78, 5) is 8.35. The van der Waals surface area contributed by atoms with Crippen molar-refractivity contribution in [1.82, 2.24) is 34.3 Å². The highest BCUT2D eigenvalue weighted by atomic mass is 32.2. The third-order valence-corrected chi connectivity index (χ3v) is 3.40. The molecule has 0 saturated carbocycles. The first kappa shape index (κ1) is 12.1. The van der Waals surface area contributed by atoms with Crippen LogP contribution in [0.25, 0.3) is 11.7 Å². The van der Waals surface area contributed by atoms with E-state index in [1.807, 2.05) is 13.1 Å². The van der Waals surface area contributed by atoms with Crippen LogP contribution in [0, 0.1) is 6.92 Å². The normalized spacial score (nSPS) is 11.6. The summed E-state index contributed by atoms with van der Waals surface area (Å²) in [7, 11) is 0. The van der Waals surface area contributed by atoms with Crippen molar-refractivity contribution in [3.05, 3.63) is 24.4 Å². The van der Waals surface area contributed by atoms with Crippen LogP contribution in [0.2, 0.25) is 0 Å². The van der Waals surface area contributed by atoms with Gasteiger partial charge < -0.3 is 0 Å². The van der Waals surface area contributed by atoms with Crippen LogP contribution in [0.5, 0.6) is 0 Å². The van der Waals surface area contributed by atoms with Gasteiger partial charge in [-0.3, -0.25) is 4.57 Å². The molecule has 0 aliphatic carbocycles. The van der Waals surface area contributed by atoms with E-state index in [4.69, 9.17) is 0 Å². The molecule has 0 spiro atoms. The first-order chi connectivity index (χ1) is 9.13. The Labute approximate surface area is 114 Å². The van der Waals surface area contributed by atoms with Crippen LogP contribution in [0.3, 0.4) is 0 Å². The van der Waals surface area contributed by atoms with E-state index in [0.29, 0.717) is 17.0 Å². The molecule has 0 unspecified atom stereocenters. The molecular weight excluding hydrogens is 262 g/mol. The van der Waals surface area contributed by atoms with Gasteiger partial charge in [0, 0.05) is 11.4 Å². The molecule has 0 aliphatic rings. The van der Waals surface area contributed by atoms with Gasteiger partial charge in [0.15, 0.2) is 0 Å². The summed E-state index contributed by atoms with van der Waals surface area (Å²) in [5, 5.41) is 14.0. The van der Waals surface area contributed by atoms with Gasteiger partial charge in [0.1, 0.15) is 11.4 Å². The maximum atomic E-state index is 4.45. The summed E-state index contributed by atoms with van der Waals surface area (Å²) in [5.74, 6) is 0.987. The number of rotatable bonds is 3. The highest BCUT2D eigenvalue weighted by Gasteiger charge is 2.11. The predicted molar refractivity (Wildman–Crippen MR) is 71.4 cm³/mol. The van der Waals surface area contributed by atoms with Crippen molar-refractivity contribution in [2.24, 2.45) is 0 Å². The number of aromatic nitrogens is 7. The first-order valence-electron chi connectivity index (χ1n) is 5.89. The Kier molecular flexibility index (Phi) is 2.94. The number of imidazole rings is 2. The van der Waals surface area contributed by atoms with E-state index in [1.165, 1.54) is 0 Å². The average molecular weight is 275 g/mol. The van der Waals surface area contributed by atoms with Crippen LogP contribution in [0.15, 0.2) is 23.7 Å². The number of fused-ring (bicyclic) bond motifs is 1. The van der Waals surface area contributed by atoms with Crippen LogP contribution in [0.1, 0.15) is 19.5 Å². The summed E-state index contributed by atoms with van der Waals surface area (Å²) >= 11 is 1.69. The lowest BCUT2D eigenvalue weighted by Gasteiger charge is -2.04. The molecule has 3 aromatic heterocycles. The third kappa shape index (κ3) is 2.30. The van der Waals surface area contributed by atoms with Crippen molar-refractivity contribution >= 4 is 17.5 Å². The van der Waals surface area contributed by atoms with E-state index in [1.54, 1.807) is 33.4 Å². The minimum atomic E-state index is 0.453. The monoisotopic (exact) mass is 275 g/mol. The molecule has 7 nitrogen and oxygen atoms in total. The number of aryl methyl sites for hydroxylation is 1. The average Bonchev–Trinajstić information content (AvgIpc) is 2.95. The van der Waals surface area contributed by atoms with Gasteiger partial charge in [-0.1, -0.05) is 13.8 Å². The molecule has 0 aliphatic heterocycles. The molecule has 3 rings (SSSR count). The van der Waals surface area contributed by atoms with Crippen molar-refractivity contribution < 1.29 is 0 Å². The Hall–Kier alpha value is -1.96. The second kappa shape index (κ2) is 4.61. The lowest BCUT2D eigenvalue weighted by molar-refractivity contribution is 0.730. The van der Waals surface area contributed by atoms with Gasteiger partial charge in [-0.2, -0.15) is 4.52 Å². The molecule has 0 radical (unpaired) electrons. The van der Waals surface area contributed by atoms with Gasteiger partial charge in [-0.05, 0) is 6.92 Å². The molecule has 19 heavy (non-hydrogen) atoms. The molecule has 8 heteroatoms. The Balaban J connectivity index is 2.08. The van der Waals surface area contributed by atoms with Crippen LogP contribution < -0.4 is 0 Å². The molecular formula is C11H13N7S. The number of thioether (sulfide) groups is 1. The molecule has 0 atom stereocenters. The van der Waals surface area contributed by atoms with Gasteiger partial charge >= 0.3 is 0 Å². The van der Waals surface area contributed by atoms with E-state index in [9.17, 15) is 0 Å². The topological polar surface area (TPSA) is 73.8 Å². The fraction of sp³-hybridized carbons (Fsp3) is 0.364. The van der Waals surface area contributed by atoms with Gasteiger partial charge in [0.2, 0.25) is 0 Å². The smallest absolute Gasteiger partial charge is 0.272 e. The molecule has 0 amide bonds. The standard InChI is InChI=1S/C11H13N7S/c1-7(2)19-9-4-12-10-14-15-11(16-18(9)10)17-5-8(3)13-6-17/h4-7H,1-3H3. The van der Waals surface area contributed by atoms with E-state index in [0.717, 1.165) is 10.7 Å². The summed E-state index contributed by atoms with van der Waals surface area (Å²) < 4.78 is 3.45. The fourth-order valence-corrected chi connectivity index (χ4v) is 2.46. The fourth-order valence-electron chi connectivity index (χ4n) is 1.64. The van der Waals surface area contributed by atoms with Crippen molar-refractivity contribution in [3.63, 3.8) is 0 Å². The van der Waals surface area contributed by atoms with Gasteiger partial charge in [-0.25, -0.2) is 9.97 Å². The summed E-state index contributed by atoms with van der Waals surface area (Å²) in [6.07, 6.45) is 5.30. The molecule has 3 aromatic rings. The molecule has 3 heterocycles. The van der Waals surface area contributed by atoms with Crippen LogP contribution in [0.4, 0.5) is 0 Å². The lowest BCUT2D eigenvalue weighted by atomic mass is 10.6. The Morgan fingerprint density at radius 2 is 2.05 bits per heavy atom. The van der Waals surface area contributed by atoms with Crippen LogP contribution in [-0.4, -0.2) is 39.6 Å². The van der Waals surface area contributed by atoms with Crippen molar-refractivity contribution in [2.45, 2.75) is 31.0 Å². The number of nitrogens with zero attached hydrogens (tertiary/aromatic N) is 7. The minimum absolute atomic E-state index is 0.453. The molecule has 98 valence electrons. The molecule has 0 N–H and O–H groups in total. The largest absolute Gasteiger partial charge is 0.272 e. The molecule has 0 fully saturated rings. The second-order valence-electron chi connectivity index (χ2n) is 4.40. The van der Waals surface area contributed by atoms with Crippen molar-refractivity contribution in [3.8, 4) is 5.95 Å². The van der Waals surface area contributed by atoms with E-state index >= 15 is 0 Å². The Bertz CT molecular complexity index is 715. The van der Waals surface area contributed by atoms with Gasteiger partial charge in [0.05, 0.1) is 11.9 Å². The van der Waals surface area contributed by atoms with E-state index in [2.05, 4.69) is 39.1 Å². The van der Waals surface area contributed by atoms with E-state index < -0.39 is 0 Å². The molecule has 0 saturated heterocycles. The number of hydrogen-bond donors (Lipinski definition) is 0. The lowest BCUT2D eigenvalue weighted by Crippen LogP contribution is -2.07. The maximum absolute atomic E-state index is 4.45. The van der Waals surface area contributed by atoms with E-state index in [-0.39, 0.29) is 0 Å². The van der Waals surface area contributed by atoms with Crippen molar-refractivity contribution in [2.75, 3.05) is 0 Å². The van der Waals surface area contributed by atoms with Gasteiger partial charge in [0.25, 0.3) is 11.7 Å². The van der Waals surface area contributed by atoms with Crippen LogP contribution >= 0.6 is 11.8 Å². The summed E-state index contributed by atoms with van der Waals surface area (Å²) in [6.45, 7) is 6.16. The summed E-state index contributed by atoms with van der Waals surface area (Å²) in [5.41, 5.74) is 0.908. The SMILES string of the molecule is Cc1cn(-c2nnc3ncc(SC(C)C)n3n2)cn1. The quantitative estimate of drug-likeness (QED) is 0.675. The Morgan fingerprint density at radius 1 is 1.21 bits per heavy atom. The zero-order chi connectivity index (χ0) is 13.4. The zero-order valence-corrected chi connectivity index (χ0v) is 11.7. The minimum Gasteiger partial charge on any atom is -0.272 e. The maximum Gasteiger partial charge on any atom is 0.272 e. The zero-order valence-electron chi connectivity index (χ0n) is 10.8. The van der Waals surface area contributed by atoms with Crippen LogP contribution in [-0.2, 0) is 0 Å². The highest BCUT2D eigenvalue weighted by molar-refractivity contribution is 7.99. The Morgan fingerprint density at radius 3 is 2.74 bits per heavy atom. The predicted octanol–water partition coefficient (Wildman–Crippen LogP) is 1.51. The highest BCUT2D eigenvalue weighted by Crippen LogP contribution is 2.22. The first-order valence-corrected chi connectivity index (χ1v) is 6.77. The summed E-state index contributed by atoms with van der Waals surface area (Å²) in [6, 6.07) is 0. The molecule has 0 bridgehead atoms. The van der Waals surface area contributed by atoms with Crippen molar-refractivity contribution in [1.29, 1.82) is 0 Å². The van der Waals surface area contributed by atoms with Gasteiger partial charge in [-0.15, -0.1) is 27.1 Å². The number of hydrogen-bond acceptors (Lipinski definition) is 6.